The van der Waals surface area contributed by atoms with E-state index >= 15 is 0 Å². The number of anilines is 1. The SMILES string of the molecule is CCOC(=O)CSc1nnc(NC(=O)CSCc2ccccc2)s1. The summed E-state index contributed by atoms with van der Waals surface area (Å²) in [5, 5.41) is 11.0. The summed E-state index contributed by atoms with van der Waals surface area (Å²) in [6.45, 7) is 2.12. The molecule has 1 amide bonds. The molecule has 1 aromatic heterocycles. The van der Waals surface area contributed by atoms with Gasteiger partial charge in [0.25, 0.3) is 0 Å². The molecule has 0 atom stereocenters. The molecular weight excluding hydrogens is 366 g/mol. The number of thioether (sulfide) groups is 2. The molecule has 6 nitrogen and oxygen atoms in total. The number of nitrogens with one attached hydrogen (secondary N) is 1. The van der Waals surface area contributed by atoms with E-state index in [-0.39, 0.29) is 17.6 Å². The lowest BCUT2D eigenvalue weighted by Gasteiger charge is -2.02. The molecule has 2 rings (SSSR count). The third kappa shape index (κ3) is 6.90. The summed E-state index contributed by atoms with van der Waals surface area (Å²) in [7, 11) is 0. The van der Waals surface area contributed by atoms with E-state index in [1.165, 1.54) is 40.4 Å². The van der Waals surface area contributed by atoms with Crippen LogP contribution in [0.3, 0.4) is 0 Å². The quantitative estimate of drug-likeness (QED) is 0.405. The van der Waals surface area contributed by atoms with Gasteiger partial charge in [0.05, 0.1) is 18.1 Å². The Bertz CT molecular complexity index is 664. The third-order valence-electron chi connectivity index (χ3n) is 2.62. The van der Waals surface area contributed by atoms with Crippen molar-refractivity contribution in [3.8, 4) is 0 Å². The minimum atomic E-state index is -0.291. The van der Waals surface area contributed by atoms with E-state index < -0.39 is 0 Å². The van der Waals surface area contributed by atoms with Crippen molar-refractivity contribution in [1.82, 2.24) is 10.2 Å². The maximum absolute atomic E-state index is 11.9. The molecule has 24 heavy (non-hydrogen) atoms. The molecule has 0 fully saturated rings. The summed E-state index contributed by atoms with van der Waals surface area (Å²) in [6, 6.07) is 9.98. The number of carbonyl (C=O) groups is 2. The van der Waals surface area contributed by atoms with Gasteiger partial charge in [-0.15, -0.1) is 22.0 Å². The van der Waals surface area contributed by atoms with E-state index in [9.17, 15) is 9.59 Å². The Morgan fingerprint density at radius 2 is 2.00 bits per heavy atom. The lowest BCUT2D eigenvalue weighted by Crippen LogP contribution is -2.13. The van der Waals surface area contributed by atoms with E-state index in [1.807, 2.05) is 30.3 Å². The molecule has 1 heterocycles. The molecule has 0 unspecified atom stereocenters. The fourth-order valence-corrected chi connectivity index (χ4v) is 3.99. The smallest absolute Gasteiger partial charge is 0.316 e. The lowest BCUT2D eigenvalue weighted by atomic mass is 10.2. The normalized spacial score (nSPS) is 10.4. The Kier molecular flexibility index (Phi) is 8.06. The fraction of sp³-hybridized carbons (Fsp3) is 0.333. The second kappa shape index (κ2) is 10.3. The molecule has 0 aliphatic rings. The number of benzene rings is 1. The van der Waals surface area contributed by atoms with Gasteiger partial charge in [0.15, 0.2) is 4.34 Å². The standard InChI is InChI=1S/C15H17N3O3S3/c1-2-21-13(20)10-23-15-18-17-14(24-15)16-12(19)9-22-8-11-6-4-3-5-7-11/h3-7H,2,8-10H2,1H3,(H,16,17,19). The average molecular weight is 384 g/mol. The highest BCUT2D eigenvalue weighted by atomic mass is 32.2. The van der Waals surface area contributed by atoms with E-state index in [0.717, 1.165) is 5.75 Å². The molecule has 0 saturated carbocycles. The van der Waals surface area contributed by atoms with Gasteiger partial charge in [-0.25, -0.2) is 0 Å². The van der Waals surface area contributed by atoms with Crippen molar-refractivity contribution in [3.63, 3.8) is 0 Å². The minimum Gasteiger partial charge on any atom is -0.465 e. The van der Waals surface area contributed by atoms with E-state index in [0.29, 0.717) is 21.8 Å². The summed E-state index contributed by atoms with van der Waals surface area (Å²) in [5.74, 6) is 0.906. The molecule has 2 aromatic rings. The van der Waals surface area contributed by atoms with Gasteiger partial charge in [0, 0.05) is 5.75 Å². The first-order valence-electron chi connectivity index (χ1n) is 7.21. The van der Waals surface area contributed by atoms with Crippen LogP contribution in [0.4, 0.5) is 5.13 Å². The Hall–Kier alpha value is -1.58. The molecule has 0 aliphatic heterocycles. The number of esters is 1. The highest BCUT2D eigenvalue weighted by Crippen LogP contribution is 2.25. The Morgan fingerprint density at radius 3 is 2.75 bits per heavy atom. The van der Waals surface area contributed by atoms with E-state index in [1.54, 1.807) is 6.92 Å². The summed E-state index contributed by atoms with van der Waals surface area (Å²) in [5.41, 5.74) is 1.18. The van der Waals surface area contributed by atoms with Crippen LogP contribution in [0.5, 0.6) is 0 Å². The van der Waals surface area contributed by atoms with Crippen LogP contribution in [0.15, 0.2) is 34.7 Å². The van der Waals surface area contributed by atoms with Crippen LogP contribution in [0.2, 0.25) is 0 Å². The Morgan fingerprint density at radius 1 is 1.21 bits per heavy atom. The predicted molar refractivity (Wildman–Crippen MR) is 98.5 cm³/mol. The van der Waals surface area contributed by atoms with Gasteiger partial charge < -0.3 is 4.74 Å². The molecule has 1 aromatic carbocycles. The number of aromatic nitrogens is 2. The van der Waals surface area contributed by atoms with Crippen LogP contribution in [0.1, 0.15) is 12.5 Å². The van der Waals surface area contributed by atoms with Gasteiger partial charge in [-0.2, -0.15) is 0 Å². The average Bonchev–Trinajstić information content (AvgIpc) is 3.01. The van der Waals surface area contributed by atoms with Crippen LogP contribution in [-0.2, 0) is 20.1 Å². The minimum absolute atomic E-state index is 0.117. The van der Waals surface area contributed by atoms with Gasteiger partial charge in [0.2, 0.25) is 11.0 Å². The van der Waals surface area contributed by atoms with Crippen molar-refractivity contribution < 1.29 is 14.3 Å². The number of nitrogens with zero attached hydrogens (tertiary/aromatic N) is 2. The second-order valence-electron chi connectivity index (χ2n) is 4.49. The van der Waals surface area contributed by atoms with E-state index in [4.69, 9.17) is 4.74 Å². The third-order valence-corrected chi connectivity index (χ3v) is 5.57. The molecule has 0 bridgehead atoms. The zero-order valence-corrected chi connectivity index (χ0v) is 15.5. The van der Waals surface area contributed by atoms with Crippen LogP contribution in [-0.4, -0.2) is 40.2 Å². The van der Waals surface area contributed by atoms with Gasteiger partial charge in [-0.3, -0.25) is 14.9 Å². The summed E-state index contributed by atoms with van der Waals surface area (Å²) < 4.78 is 5.46. The van der Waals surface area contributed by atoms with Gasteiger partial charge in [-0.1, -0.05) is 53.4 Å². The largest absolute Gasteiger partial charge is 0.465 e. The maximum atomic E-state index is 11.9. The first kappa shape index (κ1) is 18.8. The van der Waals surface area contributed by atoms with Crippen LogP contribution >= 0.6 is 34.9 Å². The fourth-order valence-electron chi connectivity index (χ4n) is 1.63. The molecule has 128 valence electrons. The number of ether oxygens (including phenoxy) is 1. The van der Waals surface area contributed by atoms with Crippen LogP contribution < -0.4 is 5.32 Å². The Balaban J connectivity index is 1.69. The highest BCUT2D eigenvalue weighted by Gasteiger charge is 2.11. The summed E-state index contributed by atoms with van der Waals surface area (Å²) in [4.78, 5) is 23.2. The predicted octanol–water partition coefficient (Wildman–Crippen LogP) is 3.07. The number of amides is 1. The van der Waals surface area contributed by atoms with Gasteiger partial charge >= 0.3 is 5.97 Å². The number of hydrogen-bond acceptors (Lipinski definition) is 8. The molecule has 0 spiro atoms. The van der Waals surface area contributed by atoms with Gasteiger partial charge in [0.1, 0.15) is 0 Å². The van der Waals surface area contributed by atoms with Crippen LogP contribution in [0.25, 0.3) is 0 Å². The Labute approximate surface area is 152 Å². The topological polar surface area (TPSA) is 81.2 Å². The van der Waals surface area contributed by atoms with Crippen molar-refractivity contribution in [2.45, 2.75) is 17.0 Å². The first-order valence-corrected chi connectivity index (χ1v) is 10.2. The molecular formula is C15H17N3O3S3. The number of hydrogen-bond donors (Lipinski definition) is 1. The molecule has 0 radical (unpaired) electrons. The monoisotopic (exact) mass is 383 g/mol. The summed E-state index contributed by atoms with van der Waals surface area (Å²) in [6.07, 6.45) is 0. The van der Waals surface area contributed by atoms with Crippen molar-refractivity contribution in [1.29, 1.82) is 0 Å². The molecule has 0 saturated heterocycles. The molecule has 0 aliphatic carbocycles. The van der Waals surface area contributed by atoms with Crippen molar-refractivity contribution in [2.24, 2.45) is 0 Å². The maximum Gasteiger partial charge on any atom is 0.316 e. The zero-order chi connectivity index (χ0) is 17.2. The van der Waals surface area contributed by atoms with Gasteiger partial charge in [-0.05, 0) is 12.5 Å². The molecule has 9 heteroatoms. The van der Waals surface area contributed by atoms with Crippen molar-refractivity contribution in [3.05, 3.63) is 35.9 Å². The summed E-state index contributed by atoms with van der Waals surface area (Å²) >= 11 is 4.03. The number of carbonyl (C=O) groups excluding carboxylic acids is 2. The zero-order valence-electron chi connectivity index (χ0n) is 13.1. The highest BCUT2D eigenvalue weighted by molar-refractivity contribution is 8.01. The first-order chi connectivity index (χ1) is 11.7. The lowest BCUT2D eigenvalue weighted by molar-refractivity contribution is -0.139. The second-order valence-corrected chi connectivity index (χ2v) is 7.68. The van der Waals surface area contributed by atoms with Crippen molar-refractivity contribution >= 4 is 51.9 Å². The van der Waals surface area contributed by atoms with E-state index in [2.05, 4.69) is 15.5 Å². The van der Waals surface area contributed by atoms with Crippen molar-refractivity contribution in [2.75, 3.05) is 23.4 Å². The molecule has 1 N–H and O–H groups in total. The number of rotatable bonds is 9. The van der Waals surface area contributed by atoms with Crippen LogP contribution in [0, 0.1) is 0 Å².